The number of carboxylic acids is 1. The molecule has 1 saturated heterocycles. The van der Waals surface area contributed by atoms with E-state index in [9.17, 15) is 9.59 Å². The number of carbonyl (C=O) groups is 2. The van der Waals surface area contributed by atoms with Gasteiger partial charge in [0, 0.05) is 19.5 Å². The third-order valence-electron chi connectivity index (χ3n) is 3.26. The van der Waals surface area contributed by atoms with E-state index < -0.39 is 5.97 Å². The number of aliphatic carboxylic acids is 1. The van der Waals surface area contributed by atoms with Crippen molar-refractivity contribution in [3.63, 3.8) is 0 Å². The fraction of sp³-hybridized carbons (Fsp3) is 0.846. The van der Waals surface area contributed by atoms with E-state index in [1.165, 1.54) is 6.42 Å². The van der Waals surface area contributed by atoms with Crippen molar-refractivity contribution in [2.75, 3.05) is 26.2 Å². The summed E-state index contributed by atoms with van der Waals surface area (Å²) in [5.41, 5.74) is 0. The standard InChI is InChI=1S/C13H24N2O3/c1-10-6-11(2)9-15(8-10)5-3-4-12(16)14-7-13(17)18/h10-11H,3-9H2,1-2H3,(H,14,16)(H,17,18). The zero-order valence-corrected chi connectivity index (χ0v) is 11.3. The average Bonchev–Trinajstić information content (AvgIpc) is 2.25. The first-order valence-corrected chi connectivity index (χ1v) is 6.68. The second kappa shape index (κ2) is 7.36. The highest BCUT2D eigenvalue weighted by molar-refractivity contribution is 5.80. The molecule has 0 bridgehead atoms. The monoisotopic (exact) mass is 256 g/mol. The van der Waals surface area contributed by atoms with Gasteiger partial charge in [0.1, 0.15) is 6.54 Å². The van der Waals surface area contributed by atoms with Gasteiger partial charge in [-0.15, -0.1) is 0 Å². The van der Waals surface area contributed by atoms with Crippen molar-refractivity contribution in [2.45, 2.75) is 33.1 Å². The molecule has 2 unspecified atom stereocenters. The van der Waals surface area contributed by atoms with Crippen LogP contribution in [0.2, 0.25) is 0 Å². The molecule has 18 heavy (non-hydrogen) atoms. The Morgan fingerprint density at radius 3 is 2.44 bits per heavy atom. The quantitative estimate of drug-likeness (QED) is 0.742. The summed E-state index contributed by atoms with van der Waals surface area (Å²) >= 11 is 0. The van der Waals surface area contributed by atoms with Crippen LogP contribution in [-0.2, 0) is 9.59 Å². The van der Waals surface area contributed by atoms with E-state index >= 15 is 0 Å². The highest BCUT2D eigenvalue weighted by Gasteiger charge is 2.21. The Balaban J connectivity index is 2.13. The zero-order chi connectivity index (χ0) is 13.5. The van der Waals surface area contributed by atoms with Gasteiger partial charge in [-0.1, -0.05) is 13.8 Å². The number of hydrogen-bond donors (Lipinski definition) is 2. The second-order valence-electron chi connectivity index (χ2n) is 5.48. The molecule has 0 aromatic carbocycles. The molecular weight excluding hydrogens is 232 g/mol. The molecule has 0 radical (unpaired) electrons. The summed E-state index contributed by atoms with van der Waals surface area (Å²) < 4.78 is 0. The summed E-state index contributed by atoms with van der Waals surface area (Å²) in [6.07, 6.45) is 2.49. The van der Waals surface area contributed by atoms with Gasteiger partial charge >= 0.3 is 5.97 Å². The van der Waals surface area contributed by atoms with Crippen molar-refractivity contribution in [3.8, 4) is 0 Å². The maximum Gasteiger partial charge on any atom is 0.322 e. The van der Waals surface area contributed by atoms with E-state index in [-0.39, 0.29) is 12.5 Å². The Morgan fingerprint density at radius 1 is 1.28 bits per heavy atom. The lowest BCUT2D eigenvalue weighted by Gasteiger charge is -2.34. The average molecular weight is 256 g/mol. The largest absolute Gasteiger partial charge is 0.480 e. The molecule has 5 nitrogen and oxygen atoms in total. The first-order chi connectivity index (χ1) is 8.47. The van der Waals surface area contributed by atoms with Crippen LogP contribution < -0.4 is 5.32 Å². The van der Waals surface area contributed by atoms with Gasteiger partial charge in [0.25, 0.3) is 0 Å². The predicted molar refractivity (Wildman–Crippen MR) is 69.3 cm³/mol. The number of hydrogen-bond acceptors (Lipinski definition) is 3. The van der Waals surface area contributed by atoms with Crippen LogP contribution >= 0.6 is 0 Å². The van der Waals surface area contributed by atoms with Crippen molar-refractivity contribution in [1.29, 1.82) is 0 Å². The van der Waals surface area contributed by atoms with Crippen molar-refractivity contribution in [3.05, 3.63) is 0 Å². The lowest BCUT2D eigenvalue weighted by Crippen LogP contribution is -2.39. The van der Waals surface area contributed by atoms with E-state index in [1.807, 2.05) is 0 Å². The van der Waals surface area contributed by atoms with Gasteiger partial charge < -0.3 is 15.3 Å². The number of likely N-dealkylation sites (tertiary alicyclic amines) is 1. The van der Waals surface area contributed by atoms with E-state index in [0.29, 0.717) is 6.42 Å². The number of carbonyl (C=O) groups excluding carboxylic acids is 1. The van der Waals surface area contributed by atoms with E-state index in [4.69, 9.17) is 5.11 Å². The summed E-state index contributed by atoms with van der Waals surface area (Å²) in [4.78, 5) is 24.0. The molecule has 1 heterocycles. The topological polar surface area (TPSA) is 69.6 Å². The molecule has 0 spiro atoms. The highest BCUT2D eigenvalue weighted by atomic mass is 16.4. The van der Waals surface area contributed by atoms with Gasteiger partial charge in [-0.25, -0.2) is 0 Å². The molecule has 5 heteroatoms. The van der Waals surface area contributed by atoms with E-state index in [0.717, 1.165) is 37.9 Å². The Kier molecular flexibility index (Phi) is 6.12. The van der Waals surface area contributed by atoms with Gasteiger partial charge in [0.05, 0.1) is 0 Å². The third kappa shape index (κ3) is 6.00. The predicted octanol–water partition coefficient (Wildman–Crippen LogP) is 0.945. The molecule has 0 aliphatic carbocycles. The van der Waals surface area contributed by atoms with Gasteiger partial charge in [0.15, 0.2) is 0 Å². The molecule has 1 fully saturated rings. The van der Waals surface area contributed by atoms with Crippen LogP contribution in [-0.4, -0.2) is 48.1 Å². The molecule has 0 aromatic heterocycles. The SMILES string of the molecule is CC1CC(C)CN(CCCC(=O)NCC(=O)O)C1. The van der Waals surface area contributed by atoms with E-state index in [1.54, 1.807) is 0 Å². The minimum absolute atomic E-state index is 0.171. The number of amides is 1. The van der Waals surface area contributed by atoms with Crippen molar-refractivity contribution < 1.29 is 14.7 Å². The van der Waals surface area contributed by atoms with Gasteiger partial charge in [-0.2, -0.15) is 0 Å². The minimum atomic E-state index is -0.998. The second-order valence-corrected chi connectivity index (χ2v) is 5.48. The Morgan fingerprint density at radius 2 is 1.89 bits per heavy atom. The molecule has 1 aliphatic rings. The van der Waals surface area contributed by atoms with E-state index in [2.05, 4.69) is 24.1 Å². The molecule has 1 rings (SSSR count). The molecule has 104 valence electrons. The number of rotatable bonds is 6. The van der Waals surface area contributed by atoms with Crippen LogP contribution in [0.3, 0.4) is 0 Å². The molecule has 2 N–H and O–H groups in total. The molecule has 0 aromatic rings. The van der Waals surface area contributed by atoms with Crippen LogP contribution in [0.5, 0.6) is 0 Å². The Labute approximate surface area is 109 Å². The number of nitrogens with zero attached hydrogens (tertiary/aromatic N) is 1. The normalized spacial score (nSPS) is 24.8. The number of nitrogens with one attached hydrogen (secondary N) is 1. The lowest BCUT2D eigenvalue weighted by atomic mass is 9.92. The Bertz CT molecular complexity index is 284. The zero-order valence-electron chi connectivity index (χ0n) is 11.3. The maximum absolute atomic E-state index is 11.3. The van der Waals surface area contributed by atoms with Crippen LogP contribution in [0.4, 0.5) is 0 Å². The van der Waals surface area contributed by atoms with Crippen LogP contribution in [0.25, 0.3) is 0 Å². The smallest absolute Gasteiger partial charge is 0.322 e. The van der Waals surface area contributed by atoms with Crippen molar-refractivity contribution in [2.24, 2.45) is 11.8 Å². The van der Waals surface area contributed by atoms with Crippen LogP contribution in [0, 0.1) is 11.8 Å². The number of piperidine rings is 1. The molecule has 1 amide bonds. The lowest BCUT2D eigenvalue weighted by molar-refractivity contribution is -0.137. The van der Waals surface area contributed by atoms with Gasteiger partial charge in [0.2, 0.25) is 5.91 Å². The first kappa shape index (κ1) is 15.0. The summed E-state index contributed by atoms with van der Waals surface area (Å²) in [6.45, 7) is 7.40. The molecule has 1 aliphatic heterocycles. The molecule has 2 atom stereocenters. The third-order valence-corrected chi connectivity index (χ3v) is 3.26. The summed E-state index contributed by atoms with van der Waals surface area (Å²) in [6, 6.07) is 0. The highest BCUT2D eigenvalue weighted by Crippen LogP contribution is 2.20. The maximum atomic E-state index is 11.3. The van der Waals surface area contributed by atoms with Gasteiger partial charge in [-0.3, -0.25) is 9.59 Å². The summed E-state index contributed by atoms with van der Waals surface area (Å²) in [5, 5.41) is 10.8. The number of carboxylic acid groups (broad SMARTS) is 1. The summed E-state index contributed by atoms with van der Waals surface area (Å²) in [7, 11) is 0. The van der Waals surface area contributed by atoms with Gasteiger partial charge in [-0.05, 0) is 31.2 Å². The fourth-order valence-electron chi connectivity index (χ4n) is 2.70. The molecule has 0 saturated carbocycles. The van der Waals surface area contributed by atoms with Crippen molar-refractivity contribution >= 4 is 11.9 Å². The van der Waals surface area contributed by atoms with Crippen LogP contribution in [0.15, 0.2) is 0 Å². The van der Waals surface area contributed by atoms with Crippen molar-refractivity contribution in [1.82, 2.24) is 10.2 Å². The minimum Gasteiger partial charge on any atom is -0.480 e. The first-order valence-electron chi connectivity index (χ1n) is 6.68. The summed E-state index contributed by atoms with van der Waals surface area (Å²) in [5.74, 6) is 0.293. The molecular formula is C13H24N2O3. The Hall–Kier alpha value is -1.10. The van der Waals surface area contributed by atoms with Crippen LogP contribution in [0.1, 0.15) is 33.1 Å². The fourth-order valence-corrected chi connectivity index (χ4v) is 2.70.